The SMILES string of the molecule is CS(=O)(=O)N1CCCN(C(=O)Cc2csc(-c3ccccc3)n2)CC1. The highest BCUT2D eigenvalue weighted by atomic mass is 32.2. The zero-order chi connectivity index (χ0) is 17.9. The molecule has 25 heavy (non-hydrogen) atoms. The topological polar surface area (TPSA) is 70.6 Å². The van der Waals surface area contributed by atoms with Crippen molar-refractivity contribution in [3.63, 3.8) is 0 Å². The number of rotatable bonds is 4. The van der Waals surface area contributed by atoms with Gasteiger partial charge in [-0.2, -0.15) is 0 Å². The van der Waals surface area contributed by atoms with Crippen molar-refractivity contribution in [1.82, 2.24) is 14.2 Å². The number of thiazole rings is 1. The number of benzene rings is 1. The second kappa shape index (κ2) is 7.63. The van der Waals surface area contributed by atoms with Crippen LogP contribution in [0.2, 0.25) is 0 Å². The van der Waals surface area contributed by atoms with Gasteiger partial charge in [0.1, 0.15) is 5.01 Å². The van der Waals surface area contributed by atoms with Crippen molar-refractivity contribution in [2.45, 2.75) is 12.8 Å². The van der Waals surface area contributed by atoms with Crippen LogP contribution in [0.4, 0.5) is 0 Å². The fraction of sp³-hybridized carbons (Fsp3) is 0.412. The molecule has 0 saturated carbocycles. The largest absolute Gasteiger partial charge is 0.341 e. The van der Waals surface area contributed by atoms with Gasteiger partial charge in [-0.05, 0) is 6.42 Å². The number of hydrogen-bond acceptors (Lipinski definition) is 5. The van der Waals surface area contributed by atoms with Crippen LogP contribution in [-0.2, 0) is 21.2 Å². The summed E-state index contributed by atoms with van der Waals surface area (Å²) in [5.74, 6) is 0.000243. The Bertz CT molecular complexity index is 834. The molecule has 134 valence electrons. The highest BCUT2D eigenvalue weighted by molar-refractivity contribution is 7.88. The highest BCUT2D eigenvalue weighted by Gasteiger charge is 2.24. The summed E-state index contributed by atoms with van der Waals surface area (Å²) in [5.41, 5.74) is 1.81. The van der Waals surface area contributed by atoms with Crippen LogP contribution in [0, 0.1) is 0 Å². The Morgan fingerprint density at radius 3 is 2.64 bits per heavy atom. The van der Waals surface area contributed by atoms with Crippen molar-refractivity contribution < 1.29 is 13.2 Å². The molecule has 1 fully saturated rings. The molecule has 0 bridgehead atoms. The van der Waals surface area contributed by atoms with E-state index in [2.05, 4.69) is 4.98 Å². The maximum absolute atomic E-state index is 12.5. The predicted octanol–water partition coefficient (Wildman–Crippen LogP) is 1.85. The summed E-state index contributed by atoms with van der Waals surface area (Å²) in [6.45, 7) is 1.84. The van der Waals surface area contributed by atoms with E-state index in [1.807, 2.05) is 35.7 Å². The number of sulfonamides is 1. The molecule has 6 nitrogen and oxygen atoms in total. The molecule has 0 spiro atoms. The molecule has 3 rings (SSSR count). The molecule has 8 heteroatoms. The first-order chi connectivity index (χ1) is 11.9. The summed E-state index contributed by atoms with van der Waals surface area (Å²) in [6, 6.07) is 9.89. The normalized spacial score (nSPS) is 16.6. The standard InChI is InChI=1S/C17H21N3O3S2/c1-25(22,23)20-9-5-8-19(10-11-20)16(21)12-15-13-24-17(18-15)14-6-3-2-4-7-14/h2-4,6-7,13H,5,8-12H2,1H3. The van der Waals surface area contributed by atoms with E-state index in [1.54, 1.807) is 4.90 Å². The molecule has 1 aromatic heterocycles. The number of hydrogen-bond donors (Lipinski definition) is 0. The molecule has 1 aliphatic heterocycles. The minimum atomic E-state index is -3.20. The van der Waals surface area contributed by atoms with Gasteiger partial charge in [0.2, 0.25) is 15.9 Å². The number of carbonyl (C=O) groups excluding carboxylic acids is 1. The van der Waals surface area contributed by atoms with Gasteiger partial charge in [0.15, 0.2) is 0 Å². The van der Waals surface area contributed by atoms with Crippen LogP contribution in [0.5, 0.6) is 0 Å². The molecule has 2 aromatic rings. The lowest BCUT2D eigenvalue weighted by Crippen LogP contribution is -2.37. The second-order valence-corrected chi connectivity index (χ2v) is 8.92. The fourth-order valence-electron chi connectivity index (χ4n) is 2.84. The van der Waals surface area contributed by atoms with E-state index in [-0.39, 0.29) is 12.3 Å². The summed E-state index contributed by atoms with van der Waals surface area (Å²) >= 11 is 1.53. The molecule has 0 aliphatic carbocycles. The molecule has 1 amide bonds. The highest BCUT2D eigenvalue weighted by Crippen LogP contribution is 2.23. The number of aromatic nitrogens is 1. The Kier molecular flexibility index (Phi) is 5.51. The third kappa shape index (κ3) is 4.65. The van der Waals surface area contributed by atoms with Crippen LogP contribution in [-0.4, -0.2) is 60.9 Å². The molecule has 0 N–H and O–H groups in total. The Morgan fingerprint density at radius 1 is 1.16 bits per heavy atom. The molecule has 1 saturated heterocycles. The summed E-state index contributed by atoms with van der Waals surface area (Å²) in [5, 5.41) is 2.82. The average Bonchev–Trinajstić information content (AvgIpc) is 2.89. The second-order valence-electron chi connectivity index (χ2n) is 6.08. The third-order valence-electron chi connectivity index (χ3n) is 4.18. The van der Waals surface area contributed by atoms with E-state index < -0.39 is 10.0 Å². The van der Waals surface area contributed by atoms with Crippen molar-refractivity contribution in [1.29, 1.82) is 0 Å². The van der Waals surface area contributed by atoms with Crippen LogP contribution in [0.15, 0.2) is 35.7 Å². The van der Waals surface area contributed by atoms with Crippen LogP contribution < -0.4 is 0 Å². The molecule has 1 aromatic carbocycles. The number of nitrogens with zero attached hydrogens (tertiary/aromatic N) is 3. The van der Waals surface area contributed by atoms with Gasteiger partial charge in [0.25, 0.3) is 0 Å². The Morgan fingerprint density at radius 2 is 1.92 bits per heavy atom. The minimum Gasteiger partial charge on any atom is -0.341 e. The van der Waals surface area contributed by atoms with Gasteiger partial charge in [-0.25, -0.2) is 17.7 Å². The van der Waals surface area contributed by atoms with E-state index in [0.717, 1.165) is 16.3 Å². The smallest absolute Gasteiger partial charge is 0.228 e. The van der Waals surface area contributed by atoms with Gasteiger partial charge in [0, 0.05) is 37.1 Å². The van der Waals surface area contributed by atoms with Gasteiger partial charge in [-0.15, -0.1) is 11.3 Å². The zero-order valence-electron chi connectivity index (χ0n) is 14.1. The first-order valence-corrected chi connectivity index (χ1v) is 10.9. The van der Waals surface area contributed by atoms with Crippen molar-refractivity contribution in [2.75, 3.05) is 32.4 Å². The van der Waals surface area contributed by atoms with Gasteiger partial charge >= 0.3 is 0 Å². The fourth-order valence-corrected chi connectivity index (χ4v) is 4.54. The molecule has 1 aliphatic rings. The summed E-state index contributed by atoms with van der Waals surface area (Å²) in [7, 11) is -3.20. The van der Waals surface area contributed by atoms with Crippen molar-refractivity contribution in [3.05, 3.63) is 41.4 Å². The van der Waals surface area contributed by atoms with Gasteiger partial charge in [-0.1, -0.05) is 30.3 Å². The summed E-state index contributed by atoms with van der Waals surface area (Å²) < 4.78 is 24.8. The van der Waals surface area contributed by atoms with E-state index in [1.165, 1.54) is 21.9 Å². The van der Waals surface area contributed by atoms with E-state index in [4.69, 9.17) is 0 Å². The first kappa shape index (κ1) is 18.0. The molecule has 0 radical (unpaired) electrons. The molecule has 2 heterocycles. The van der Waals surface area contributed by atoms with Crippen LogP contribution in [0.1, 0.15) is 12.1 Å². The summed E-state index contributed by atoms with van der Waals surface area (Å²) in [4.78, 5) is 18.8. The summed E-state index contributed by atoms with van der Waals surface area (Å²) in [6.07, 6.45) is 2.12. The predicted molar refractivity (Wildman–Crippen MR) is 98.9 cm³/mol. The molecule has 0 atom stereocenters. The molecular weight excluding hydrogens is 358 g/mol. The van der Waals surface area contributed by atoms with Crippen molar-refractivity contribution in [3.8, 4) is 10.6 Å². The maximum atomic E-state index is 12.5. The Labute approximate surface area is 152 Å². The minimum absolute atomic E-state index is 0.000243. The Balaban J connectivity index is 1.62. The van der Waals surface area contributed by atoms with Crippen LogP contribution in [0.3, 0.4) is 0 Å². The van der Waals surface area contributed by atoms with E-state index in [9.17, 15) is 13.2 Å². The number of carbonyl (C=O) groups is 1. The number of amides is 1. The monoisotopic (exact) mass is 379 g/mol. The lowest BCUT2D eigenvalue weighted by atomic mass is 10.2. The molecular formula is C17H21N3O3S2. The maximum Gasteiger partial charge on any atom is 0.228 e. The van der Waals surface area contributed by atoms with E-state index in [0.29, 0.717) is 32.6 Å². The zero-order valence-corrected chi connectivity index (χ0v) is 15.7. The average molecular weight is 380 g/mol. The van der Waals surface area contributed by atoms with Gasteiger partial charge in [-0.3, -0.25) is 4.79 Å². The van der Waals surface area contributed by atoms with Crippen LogP contribution in [0.25, 0.3) is 10.6 Å². The van der Waals surface area contributed by atoms with Gasteiger partial charge < -0.3 is 4.90 Å². The Hall–Kier alpha value is -1.77. The van der Waals surface area contributed by atoms with Gasteiger partial charge in [0.05, 0.1) is 18.4 Å². The van der Waals surface area contributed by atoms with Crippen molar-refractivity contribution >= 4 is 27.3 Å². The van der Waals surface area contributed by atoms with Crippen LogP contribution >= 0.6 is 11.3 Å². The first-order valence-electron chi connectivity index (χ1n) is 8.16. The molecule has 0 unspecified atom stereocenters. The third-order valence-corrected chi connectivity index (χ3v) is 6.42. The van der Waals surface area contributed by atoms with Crippen molar-refractivity contribution in [2.24, 2.45) is 0 Å². The lowest BCUT2D eigenvalue weighted by Gasteiger charge is -2.20. The quantitative estimate of drug-likeness (QED) is 0.813. The van der Waals surface area contributed by atoms with E-state index >= 15 is 0 Å². The lowest BCUT2D eigenvalue weighted by molar-refractivity contribution is -0.130.